The molecule has 0 heterocycles. The first-order valence-corrected chi connectivity index (χ1v) is 11.3. The van der Waals surface area contributed by atoms with Gasteiger partial charge in [-0.2, -0.15) is 0 Å². The van der Waals surface area contributed by atoms with Gasteiger partial charge in [-0.05, 0) is 57.2 Å². The second kappa shape index (κ2) is 20.4. The summed E-state index contributed by atoms with van der Waals surface area (Å²) in [5.74, 6) is -1.87. The molecule has 0 fully saturated rings. The molecule has 2 aromatic carbocycles. The van der Waals surface area contributed by atoms with Gasteiger partial charge in [0.2, 0.25) is 0 Å². The monoisotopic (exact) mass is 536 g/mol. The molecule has 0 radical (unpaired) electrons. The van der Waals surface area contributed by atoms with Crippen molar-refractivity contribution in [2.24, 2.45) is 0 Å². The van der Waals surface area contributed by atoms with Crippen molar-refractivity contribution in [3.8, 4) is 0 Å². The Bertz CT molecular complexity index is 1180. The van der Waals surface area contributed by atoms with Crippen molar-refractivity contribution >= 4 is 23.8 Å². The molecule has 39 heavy (non-hydrogen) atoms. The number of carbonyl (C=O) groups excluding carboxylic acids is 4. The number of allylic oxidation sites excluding steroid dienone is 6. The number of hydrogen-bond acceptors (Lipinski definition) is 6. The predicted molar refractivity (Wildman–Crippen MR) is 156 cm³/mol. The van der Waals surface area contributed by atoms with Crippen molar-refractivity contribution in [1.29, 1.82) is 0 Å². The van der Waals surface area contributed by atoms with E-state index in [9.17, 15) is 19.2 Å². The van der Waals surface area contributed by atoms with E-state index in [0.29, 0.717) is 11.1 Å². The van der Waals surface area contributed by atoms with Crippen molar-refractivity contribution in [1.82, 2.24) is 10.6 Å². The molecule has 8 heteroatoms. The summed E-state index contributed by atoms with van der Waals surface area (Å²) in [4.78, 5) is 46.8. The number of nitrogens with one attached hydrogen (secondary N) is 2. The van der Waals surface area contributed by atoms with E-state index < -0.39 is 11.9 Å². The summed E-state index contributed by atoms with van der Waals surface area (Å²) < 4.78 is 9.22. The normalized spacial score (nSPS) is 10.4. The fourth-order valence-corrected chi connectivity index (χ4v) is 2.55. The topological polar surface area (TPSA) is 111 Å². The zero-order valence-electron chi connectivity index (χ0n) is 21.6. The molecular weight excluding hydrogens is 496 g/mol. The standard InChI is InChI=1S/C15H17NO3.C14H15NO3.2CH4/c1-11(2)9-10-13(15(18)19-3)16-14(17)12-7-5-4-6-8-12;1-3-4-10-12(14(17)18-2)15-13(16)11-8-6-5-7-9-11;;/h4-10H,1-3H3,(H,16,17);3-10H,1-2H3,(H,15,16);2*1H4/b13-10-;4-3?,12-10-;;. The van der Waals surface area contributed by atoms with Gasteiger partial charge in [0.25, 0.3) is 11.8 Å². The lowest BCUT2D eigenvalue weighted by Gasteiger charge is -2.07. The first-order chi connectivity index (χ1) is 17.7. The molecule has 0 aliphatic heterocycles. The van der Waals surface area contributed by atoms with Crippen LogP contribution in [0, 0.1) is 0 Å². The molecular formula is C31H40N2O6. The number of hydrogen-bond donors (Lipinski definition) is 2. The quantitative estimate of drug-likeness (QED) is 0.252. The number of benzene rings is 2. The van der Waals surface area contributed by atoms with Crippen LogP contribution < -0.4 is 10.6 Å². The Balaban J connectivity index is 0. The van der Waals surface area contributed by atoms with E-state index >= 15 is 0 Å². The minimum absolute atomic E-state index is 0. The van der Waals surface area contributed by atoms with Gasteiger partial charge in [-0.3, -0.25) is 9.59 Å². The lowest BCUT2D eigenvalue weighted by Crippen LogP contribution is -2.28. The summed E-state index contributed by atoms with van der Waals surface area (Å²) in [5, 5.41) is 5.06. The molecule has 0 bridgehead atoms. The first kappa shape index (κ1) is 36.4. The van der Waals surface area contributed by atoms with Gasteiger partial charge in [-0.15, -0.1) is 0 Å². The molecule has 2 amide bonds. The zero-order valence-corrected chi connectivity index (χ0v) is 21.6. The average molecular weight is 537 g/mol. The molecule has 0 spiro atoms. The van der Waals surface area contributed by atoms with Gasteiger partial charge >= 0.3 is 11.9 Å². The molecule has 0 aliphatic carbocycles. The Morgan fingerprint density at radius 1 is 0.641 bits per heavy atom. The van der Waals surface area contributed by atoms with Crippen LogP contribution in [-0.2, 0) is 19.1 Å². The van der Waals surface area contributed by atoms with E-state index in [1.165, 1.54) is 26.4 Å². The van der Waals surface area contributed by atoms with Crippen LogP contribution in [0.2, 0.25) is 0 Å². The fourth-order valence-electron chi connectivity index (χ4n) is 2.55. The van der Waals surface area contributed by atoms with E-state index in [1.54, 1.807) is 66.8 Å². The summed E-state index contributed by atoms with van der Waals surface area (Å²) in [6, 6.07) is 17.3. The second-order valence-electron chi connectivity index (χ2n) is 7.55. The number of ether oxygens (including phenoxy) is 2. The van der Waals surface area contributed by atoms with Crippen LogP contribution in [-0.4, -0.2) is 38.0 Å². The Kier molecular flexibility index (Phi) is 19.0. The maximum Gasteiger partial charge on any atom is 0.354 e. The highest BCUT2D eigenvalue weighted by Crippen LogP contribution is 2.03. The van der Waals surface area contributed by atoms with Gasteiger partial charge in [0.1, 0.15) is 11.4 Å². The Labute approximate surface area is 232 Å². The number of rotatable bonds is 8. The minimum atomic E-state index is -0.586. The predicted octanol–water partition coefficient (Wildman–Crippen LogP) is 5.76. The van der Waals surface area contributed by atoms with E-state index in [0.717, 1.165) is 5.57 Å². The van der Waals surface area contributed by atoms with E-state index in [4.69, 9.17) is 0 Å². The highest BCUT2D eigenvalue weighted by atomic mass is 16.5. The van der Waals surface area contributed by atoms with Gasteiger partial charge < -0.3 is 20.1 Å². The average Bonchev–Trinajstić information content (AvgIpc) is 2.93. The number of esters is 2. The van der Waals surface area contributed by atoms with Crippen molar-refractivity contribution in [2.45, 2.75) is 35.6 Å². The second-order valence-corrected chi connectivity index (χ2v) is 7.55. The van der Waals surface area contributed by atoms with E-state index in [2.05, 4.69) is 20.1 Å². The SMILES string of the molecule is C.C.CC=C/C=C(\NC(=O)c1ccccc1)C(=O)OC.COC(=O)/C(=C/C=C(C)C)NC(=O)c1ccccc1. The molecule has 0 saturated heterocycles. The minimum Gasteiger partial charge on any atom is -0.464 e. The number of methoxy groups -OCH3 is 2. The molecule has 8 nitrogen and oxygen atoms in total. The van der Waals surface area contributed by atoms with E-state index in [-0.39, 0.29) is 38.1 Å². The zero-order chi connectivity index (χ0) is 27.6. The largest absolute Gasteiger partial charge is 0.464 e. The summed E-state index contributed by atoms with van der Waals surface area (Å²) >= 11 is 0. The molecule has 0 saturated carbocycles. The lowest BCUT2D eigenvalue weighted by molar-refractivity contribution is -0.137. The molecule has 2 aromatic rings. The van der Waals surface area contributed by atoms with Crippen LogP contribution in [0.3, 0.4) is 0 Å². The number of amides is 2. The fraction of sp³-hybridized carbons (Fsp3) is 0.226. The van der Waals surface area contributed by atoms with Crippen LogP contribution in [0.5, 0.6) is 0 Å². The van der Waals surface area contributed by atoms with Crippen LogP contribution in [0.4, 0.5) is 0 Å². The Morgan fingerprint density at radius 2 is 1.03 bits per heavy atom. The molecule has 210 valence electrons. The van der Waals surface area contributed by atoms with Crippen molar-refractivity contribution in [2.75, 3.05) is 14.2 Å². The van der Waals surface area contributed by atoms with Crippen LogP contribution in [0.25, 0.3) is 0 Å². The molecule has 0 aromatic heterocycles. The van der Waals surface area contributed by atoms with Crippen molar-refractivity contribution < 1.29 is 28.7 Å². The molecule has 0 unspecified atom stereocenters. The maximum absolute atomic E-state index is 11.9. The Hall–Kier alpha value is -4.72. The van der Waals surface area contributed by atoms with Crippen LogP contribution in [0.1, 0.15) is 56.3 Å². The highest BCUT2D eigenvalue weighted by Gasteiger charge is 2.14. The number of carbonyl (C=O) groups is 4. The van der Waals surface area contributed by atoms with Crippen molar-refractivity contribution in [3.63, 3.8) is 0 Å². The van der Waals surface area contributed by atoms with Gasteiger partial charge in [-0.1, -0.05) is 75.1 Å². The summed E-state index contributed by atoms with van der Waals surface area (Å²) in [6.07, 6.45) is 8.15. The molecule has 2 rings (SSSR count). The van der Waals surface area contributed by atoms with Crippen molar-refractivity contribution in [3.05, 3.63) is 119 Å². The molecule has 0 aliphatic rings. The highest BCUT2D eigenvalue weighted by molar-refractivity contribution is 6.01. The third kappa shape index (κ3) is 14.0. The van der Waals surface area contributed by atoms with Gasteiger partial charge in [0, 0.05) is 11.1 Å². The summed E-state index contributed by atoms with van der Waals surface area (Å²) in [7, 11) is 2.54. The lowest BCUT2D eigenvalue weighted by atomic mass is 10.2. The summed E-state index contributed by atoms with van der Waals surface area (Å²) in [6.45, 7) is 5.60. The van der Waals surface area contributed by atoms with Crippen LogP contribution in [0.15, 0.2) is 108 Å². The summed E-state index contributed by atoms with van der Waals surface area (Å²) in [5.41, 5.74) is 2.18. The van der Waals surface area contributed by atoms with Gasteiger partial charge in [0.15, 0.2) is 0 Å². The first-order valence-electron chi connectivity index (χ1n) is 11.3. The third-order valence-corrected chi connectivity index (χ3v) is 4.42. The smallest absolute Gasteiger partial charge is 0.354 e. The Morgan fingerprint density at radius 3 is 1.36 bits per heavy atom. The molecule has 0 atom stereocenters. The van der Waals surface area contributed by atoms with Crippen LogP contribution >= 0.6 is 0 Å². The maximum atomic E-state index is 11.9. The van der Waals surface area contributed by atoms with E-state index in [1.807, 2.05) is 32.9 Å². The third-order valence-electron chi connectivity index (χ3n) is 4.42. The van der Waals surface area contributed by atoms with Gasteiger partial charge in [-0.25, -0.2) is 9.59 Å². The molecule has 2 N–H and O–H groups in total. The van der Waals surface area contributed by atoms with Gasteiger partial charge in [0.05, 0.1) is 14.2 Å².